The molecule has 26 heavy (non-hydrogen) atoms. The fourth-order valence-electron chi connectivity index (χ4n) is 3.40. The minimum absolute atomic E-state index is 0.0753. The Morgan fingerprint density at radius 1 is 0.962 bits per heavy atom. The summed E-state index contributed by atoms with van der Waals surface area (Å²) in [6.45, 7) is 2.52. The van der Waals surface area contributed by atoms with Crippen LogP contribution in [-0.4, -0.2) is 60.4 Å². The molecule has 2 aliphatic rings. The zero-order valence-corrected chi connectivity index (χ0v) is 14.4. The van der Waals surface area contributed by atoms with Gasteiger partial charge in [0.15, 0.2) is 0 Å². The molecule has 2 heterocycles. The number of carbonyl (C=O) groups excluding carboxylic acids is 2. The van der Waals surface area contributed by atoms with Crippen molar-refractivity contribution in [1.29, 1.82) is 0 Å². The van der Waals surface area contributed by atoms with Crippen molar-refractivity contribution in [3.63, 3.8) is 0 Å². The number of carbonyl (C=O) groups is 2. The minimum Gasteiger partial charge on any atom is -0.338 e. The average molecular weight is 369 g/mol. The number of hydrogen-bond donors (Lipinski definition) is 1. The van der Waals surface area contributed by atoms with Gasteiger partial charge in [-0.3, -0.25) is 9.59 Å². The Balaban J connectivity index is 1.55. The Hall–Kier alpha value is -2.09. The van der Waals surface area contributed by atoms with Gasteiger partial charge in [0.05, 0.1) is 11.6 Å². The molecule has 0 radical (unpaired) electrons. The Labute approximate surface area is 150 Å². The number of nitrogens with zero attached hydrogens (tertiary/aromatic N) is 2. The highest BCUT2D eigenvalue weighted by Crippen LogP contribution is 2.29. The van der Waals surface area contributed by atoms with E-state index < -0.39 is 11.7 Å². The first-order valence-electron chi connectivity index (χ1n) is 8.85. The van der Waals surface area contributed by atoms with Crippen LogP contribution in [0.3, 0.4) is 0 Å². The first-order valence-corrected chi connectivity index (χ1v) is 8.85. The molecule has 2 saturated heterocycles. The van der Waals surface area contributed by atoms with Gasteiger partial charge in [-0.1, -0.05) is 6.42 Å². The van der Waals surface area contributed by atoms with Crippen LogP contribution in [0.15, 0.2) is 24.3 Å². The van der Waals surface area contributed by atoms with Gasteiger partial charge < -0.3 is 15.1 Å². The molecular weight excluding hydrogens is 347 g/mol. The van der Waals surface area contributed by atoms with Gasteiger partial charge in [0, 0.05) is 31.7 Å². The maximum Gasteiger partial charge on any atom is 0.416 e. The molecule has 1 aromatic rings. The zero-order chi connectivity index (χ0) is 18.7. The number of hydrogen-bond acceptors (Lipinski definition) is 3. The summed E-state index contributed by atoms with van der Waals surface area (Å²) < 4.78 is 37.8. The summed E-state index contributed by atoms with van der Waals surface area (Å²) in [6, 6.07) is 4.10. The summed E-state index contributed by atoms with van der Waals surface area (Å²) in [5.74, 6) is -0.229. The van der Waals surface area contributed by atoms with Gasteiger partial charge >= 0.3 is 6.18 Å². The van der Waals surface area contributed by atoms with E-state index in [2.05, 4.69) is 5.32 Å². The SMILES string of the molecule is O=C(c1ccc(C(F)(F)F)cc1)N1CCN(C(=O)C2CCCCN2)CC1. The van der Waals surface area contributed by atoms with Gasteiger partial charge in [-0.05, 0) is 43.7 Å². The maximum absolute atomic E-state index is 12.6. The normalized spacial score (nSPS) is 21.6. The van der Waals surface area contributed by atoms with Gasteiger partial charge in [0.25, 0.3) is 5.91 Å². The van der Waals surface area contributed by atoms with E-state index in [1.165, 1.54) is 12.1 Å². The lowest BCUT2D eigenvalue weighted by atomic mass is 10.0. The van der Waals surface area contributed by atoms with Crippen LogP contribution in [0.5, 0.6) is 0 Å². The van der Waals surface area contributed by atoms with Crippen LogP contribution in [0.25, 0.3) is 0 Å². The highest BCUT2D eigenvalue weighted by Gasteiger charge is 2.32. The Kier molecular flexibility index (Phi) is 5.50. The fourth-order valence-corrected chi connectivity index (χ4v) is 3.40. The second kappa shape index (κ2) is 7.65. The molecule has 0 saturated carbocycles. The molecule has 1 N–H and O–H groups in total. The number of halogens is 3. The van der Waals surface area contributed by atoms with Gasteiger partial charge in [-0.2, -0.15) is 13.2 Å². The highest BCUT2D eigenvalue weighted by atomic mass is 19.4. The van der Waals surface area contributed by atoms with Crippen molar-refractivity contribution >= 4 is 11.8 Å². The zero-order valence-electron chi connectivity index (χ0n) is 14.4. The van der Waals surface area contributed by atoms with Crippen molar-refractivity contribution in [3.8, 4) is 0 Å². The lowest BCUT2D eigenvalue weighted by Crippen LogP contribution is -2.55. The smallest absolute Gasteiger partial charge is 0.338 e. The molecule has 0 aromatic heterocycles. The first-order chi connectivity index (χ1) is 12.4. The highest BCUT2D eigenvalue weighted by molar-refractivity contribution is 5.94. The molecule has 1 aromatic carbocycles. The summed E-state index contributed by atoms with van der Waals surface area (Å²) in [5.41, 5.74) is -0.545. The monoisotopic (exact) mass is 369 g/mol. The fraction of sp³-hybridized carbons (Fsp3) is 0.556. The number of piperidine rings is 1. The standard InChI is InChI=1S/C18H22F3N3O2/c19-18(20,21)14-6-4-13(5-7-14)16(25)23-9-11-24(12-10-23)17(26)15-3-1-2-8-22-15/h4-7,15,22H,1-3,8-12H2. The summed E-state index contributed by atoms with van der Waals surface area (Å²) in [7, 11) is 0. The van der Waals surface area contributed by atoms with Crippen LogP contribution in [0.4, 0.5) is 13.2 Å². The van der Waals surface area contributed by atoms with Crippen LogP contribution >= 0.6 is 0 Å². The van der Waals surface area contributed by atoms with Crippen molar-refractivity contribution in [2.24, 2.45) is 0 Å². The second-order valence-electron chi connectivity index (χ2n) is 6.70. The molecule has 3 rings (SSSR count). The van der Waals surface area contributed by atoms with Crippen molar-refractivity contribution in [1.82, 2.24) is 15.1 Å². The van der Waals surface area contributed by atoms with Crippen molar-refractivity contribution in [3.05, 3.63) is 35.4 Å². The average Bonchev–Trinajstić information content (AvgIpc) is 2.67. The van der Waals surface area contributed by atoms with E-state index in [0.717, 1.165) is 37.9 Å². The summed E-state index contributed by atoms with van der Waals surface area (Å²) >= 11 is 0. The molecule has 8 heteroatoms. The number of piperazine rings is 1. The number of amides is 2. The molecule has 5 nitrogen and oxygen atoms in total. The van der Waals surface area contributed by atoms with Crippen molar-refractivity contribution < 1.29 is 22.8 Å². The van der Waals surface area contributed by atoms with E-state index in [-0.39, 0.29) is 23.4 Å². The van der Waals surface area contributed by atoms with Gasteiger partial charge in [0.2, 0.25) is 5.91 Å². The summed E-state index contributed by atoms with van der Waals surface area (Å²) in [6.07, 6.45) is -1.46. The predicted octanol–water partition coefficient (Wildman–Crippen LogP) is 2.13. The van der Waals surface area contributed by atoms with Crippen LogP contribution in [0.1, 0.15) is 35.2 Å². The first kappa shape index (κ1) is 18.7. The van der Waals surface area contributed by atoms with Gasteiger partial charge in [-0.25, -0.2) is 0 Å². The van der Waals surface area contributed by atoms with Crippen molar-refractivity contribution in [2.45, 2.75) is 31.5 Å². The van der Waals surface area contributed by atoms with Crippen molar-refractivity contribution in [2.75, 3.05) is 32.7 Å². The quantitative estimate of drug-likeness (QED) is 0.869. The van der Waals surface area contributed by atoms with E-state index in [0.29, 0.717) is 26.2 Å². The Morgan fingerprint density at radius 3 is 2.12 bits per heavy atom. The van der Waals surface area contributed by atoms with Crippen LogP contribution < -0.4 is 5.32 Å². The molecule has 1 atom stereocenters. The third-order valence-corrected chi connectivity index (χ3v) is 4.95. The minimum atomic E-state index is -4.42. The molecule has 0 aliphatic carbocycles. The van der Waals surface area contributed by atoms with E-state index in [1.54, 1.807) is 9.80 Å². The molecule has 1 unspecified atom stereocenters. The predicted molar refractivity (Wildman–Crippen MR) is 89.6 cm³/mol. The van der Waals surface area contributed by atoms with E-state index in [9.17, 15) is 22.8 Å². The van der Waals surface area contributed by atoms with E-state index in [4.69, 9.17) is 0 Å². The summed E-state index contributed by atoms with van der Waals surface area (Å²) in [5, 5.41) is 3.23. The maximum atomic E-state index is 12.6. The molecule has 2 aliphatic heterocycles. The van der Waals surface area contributed by atoms with Gasteiger partial charge in [0.1, 0.15) is 0 Å². The molecule has 2 fully saturated rings. The third-order valence-electron chi connectivity index (χ3n) is 4.95. The number of rotatable bonds is 2. The summed E-state index contributed by atoms with van der Waals surface area (Å²) in [4.78, 5) is 28.3. The Morgan fingerprint density at radius 2 is 1.58 bits per heavy atom. The van der Waals surface area contributed by atoms with E-state index >= 15 is 0 Å². The topological polar surface area (TPSA) is 52.7 Å². The van der Waals surface area contributed by atoms with E-state index in [1.807, 2.05) is 0 Å². The van der Waals surface area contributed by atoms with Crippen LogP contribution in [0, 0.1) is 0 Å². The largest absolute Gasteiger partial charge is 0.416 e. The lowest BCUT2D eigenvalue weighted by Gasteiger charge is -2.37. The van der Waals surface area contributed by atoms with Crippen LogP contribution in [0.2, 0.25) is 0 Å². The van der Waals surface area contributed by atoms with Crippen LogP contribution in [-0.2, 0) is 11.0 Å². The van der Waals surface area contributed by atoms with Gasteiger partial charge in [-0.15, -0.1) is 0 Å². The second-order valence-corrected chi connectivity index (χ2v) is 6.70. The third kappa shape index (κ3) is 4.17. The number of alkyl halides is 3. The Bertz CT molecular complexity index is 647. The molecule has 2 amide bonds. The number of nitrogens with one attached hydrogen (secondary N) is 1. The molecule has 142 valence electrons. The molecule has 0 spiro atoms. The lowest BCUT2D eigenvalue weighted by molar-refractivity contribution is -0.137. The molecular formula is C18H22F3N3O2. The molecule has 0 bridgehead atoms. The number of benzene rings is 1.